The van der Waals surface area contributed by atoms with Crippen LogP contribution in [-0.4, -0.2) is 38.7 Å². The molecule has 2 heterocycles. The fourth-order valence-corrected chi connectivity index (χ4v) is 4.03. The van der Waals surface area contributed by atoms with Crippen LogP contribution < -0.4 is 0 Å². The van der Waals surface area contributed by atoms with Crippen molar-refractivity contribution in [3.63, 3.8) is 0 Å². The van der Waals surface area contributed by atoms with Crippen LogP contribution >= 0.6 is 22.6 Å². The number of amides is 1. The van der Waals surface area contributed by atoms with E-state index in [1.54, 1.807) is 4.90 Å². The van der Waals surface area contributed by atoms with Gasteiger partial charge in [-0.1, -0.05) is 0 Å². The number of nitrogens with zero attached hydrogens (tertiary/aromatic N) is 3. The van der Waals surface area contributed by atoms with Crippen LogP contribution in [-0.2, 0) is 6.42 Å². The summed E-state index contributed by atoms with van der Waals surface area (Å²) in [5.74, 6) is 3.08. The third-order valence-electron chi connectivity index (χ3n) is 4.69. The van der Waals surface area contributed by atoms with Gasteiger partial charge >= 0.3 is 6.09 Å². The molecule has 0 aromatic carbocycles. The van der Waals surface area contributed by atoms with Crippen molar-refractivity contribution in [1.82, 2.24) is 14.5 Å². The Kier molecular flexibility index (Phi) is 2.59. The molecule has 2 aliphatic carbocycles. The number of piperidine rings is 1. The lowest BCUT2D eigenvalue weighted by atomic mass is 10.2. The molecule has 4 rings (SSSR count). The van der Waals surface area contributed by atoms with Crippen molar-refractivity contribution >= 4 is 28.7 Å². The Bertz CT molecular complexity index is 528. The number of carbonyl (C=O) groups is 1. The second-order valence-electron chi connectivity index (χ2n) is 6.04. The Labute approximate surface area is 125 Å². The highest BCUT2D eigenvalue weighted by Gasteiger charge is 2.58. The van der Waals surface area contributed by atoms with Crippen molar-refractivity contribution in [3.8, 4) is 0 Å². The molecule has 3 atom stereocenters. The molecule has 102 valence electrons. The standard InChI is InChI=1S/C13H16IN3O2/c14-10-6-17(11(15-10)3-7-1-2-7)12-8-4-16(13(18)19)5-9(8)12/h6-9,12H,1-5H2,(H,18,19)/t8-,9+,12?. The molecule has 1 amide bonds. The van der Waals surface area contributed by atoms with E-state index >= 15 is 0 Å². The van der Waals surface area contributed by atoms with Crippen LogP contribution in [0.4, 0.5) is 4.79 Å². The molecule has 3 fully saturated rings. The largest absolute Gasteiger partial charge is 0.465 e. The first kappa shape index (κ1) is 12.0. The lowest BCUT2D eigenvalue weighted by Gasteiger charge is -2.17. The van der Waals surface area contributed by atoms with Gasteiger partial charge in [0, 0.05) is 43.6 Å². The highest BCUT2D eigenvalue weighted by atomic mass is 127. The van der Waals surface area contributed by atoms with E-state index in [-0.39, 0.29) is 0 Å². The van der Waals surface area contributed by atoms with Gasteiger partial charge in [0.25, 0.3) is 0 Å². The lowest BCUT2D eigenvalue weighted by Crippen LogP contribution is -2.30. The average molecular weight is 373 g/mol. The smallest absolute Gasteiger partial charge is 0.407 e. The molecular weight excluding hydrogens is 357 g/mol. The highest BCUT2D eigenvalue weighted by molar-refractivity contribution is 14.1. The predicted octanol–water partition coefficient (Wildman–Crippen LogP) is 2.22. The molecule has 5 nitrogen and oxygen atoms in total. The molecule has 1 saturated heterocycles. The van der Waals surface area contributed by atoms with E-state index in [0.717, 1.165) is 16.0 Å². The van der Waals surface area contributed by atoms with Gasteiger partial charge in [0.05, 0.1) is 0 Å². The Balaban J connectivity index is 1.51. The number of rotatable bonds is 3. The maximum absolute atomic E-state index is 10.9. The summed E-state index contributed by atoms with van der Waals surface area (Å²) in [7, 11) is 0. The van der Waals surface area contributed by atoms with Gasteiger partial charge in [-0.2, -0.15) is 0 Å². The van der Waals surface area contributed by atoms with E-state index < -0.39 is 6.09 Å². The van der Waals surface area contributed by atoms with Gasteiger partial charge in [0.1, 0.15) is 9.53 Å². The lowest BCUT2D eigenvalue weighted by molar-refractivity contribution is 0.148. The number of fused-ring (bicyclic) bond motifs is 1. The molecule has 0 radical (unpaired) electrons. The number of carboxylic acid groups (broad SMARTS) is 1. The van der Waals surface area contributed by atoms with Crippen molar-refractivity contribution < 1.29 is 9.90 Å². The van der Waals surface area contributed by atoms with Crippen molar-refractivity contribution in [2.45, 2.75) is 25.3 Å². The molecule has 3 aliphatic rings. The molecule has 1 N–H and O–H groups in total. The van der Waals surface area contributed by atoms with E-state index in [0.29, 0.717) is 31.0 Å². The molecule has 6 heteroatoms. The Morgan fingerprint density at radius 2 is 2.11 bits per heavy atom. The first-order valence-corrected chi connectivity index (χ1v) is 7.92. The molecule has 0 bridgehead atoms. The highest BCUT2D eigenvalue weighted by Crippen LogP contribution is 2.56. The van der Waals surface area contributed by atoms with E-state index in [9.17, 15) is 4.79 Å². The van der Waals surface area contributed by atoms with Crippen molar-refractivity contribution in [1.29, 1.82) is 0 Å². The van der Waals surface area contributed by atoms with Gasteiger partial charge in [-0.15, -0.1) is 0 Å². The average Bonchev–Trinajstić information content (AvgIpc) is 3.20. The summed E-state index contributed by atoms with van der Waals surface area (Å²) >= 11 is 2.28. The number of aromatic nitrogens is 2. The topological polar surface area (TPSA) is 58.4 Å². The fourth-order valence-electron chi connectivity index (χ4n) is 3.45. The quantitative estimate of drug-likeness (QED) is 0.827. The Hall–Kier alpha value is -0.790. The fraction of sp³-hybridized carbons (Fsp3) is 0.692. The molecule has 1 aliphatic heterocycles. The van der Waals surface area contributed by atoms with Crippen molar-refractivity contribution in [3.05, 3.63) is 15.7 Å². The summed E-state index contributed by atoms with van der Waals surface area (Å²) in [6.07, 6.45) is 5.15. The van der Waals surface area contributed by atoms with Crippen molar-refractivity contribution in [2.24, 2.45) is 17.8 Å². The summed E-state index contributed by atoms with van der Waals surface area (Å²) < 4.78 is 3.41. The van der Waals surface area contributed by atoms with Crippen LogP contribution in [0.25, 0.3) is 0 Å². The zero-order valence-electron chi connectivity index (χ0n) is 10.5. The minimum absolute atomic E-state index is 0.500. The zero-order chi connectivity index (χ0) is 13.1. The van der Waals surface area contributed by atoms with Crippen LogP contribution in [0, 0.1) is 21.5 Å². The van der Waals surface area contributed by atoms with Gasteiger partial charge in [-0.05, 0) is 41.4 Å². The molecule has 2 saturated carbocycles. The number of imidazole rings is 1. The van der Waals surface area contributed by atoms with Crippen molar-refractivity contribution in [2.75, 3.05) is 13.1 Å². The number of hydrogen-bond acceptors (Lipinski definition) is 2. The van der Waals surface area contributed by atoms with Gasteiger partial charge in [-0.3, -0.25) is 0 Å². The molecule has 1 aromatic heterocycles. The zero-order valence-corrected chi connectivity index (χ0v) is 12.7. The predicted molar refractivity (Wildman–Crippen MR) is 77.0 cm³/mol. The second-order valence-corrected chi connectivity index (χ2v) is 7.15. The second kappa shape index (κ2) is 4.10. The third kappa shape index (κ3) is 2.04. The summed E-state index contributed by atoms with van der Waals surface area (Å²) in [6.45, 7) is 1.39. The first-order chi connectivity index (χ1) is 9.13. The van der Waals surface area contributed by atoms with Crippen LogP contribution in [0.5, 0.6) is 0 Å². The van der Waals surface area contributed by atoms with E-state index in [2.05, 4.69) is 38.3 Å². The minimum atomic E-state index is -0.774. The SMILES string of the molecule is O=C(O)N1C[C@@H]2C(n3cc(I)nc3CC3CC3)[C@@H]2C1. The normalized spacial score (nSPS) is 32.5. The van der Waals surface area contributed by atoms with Gasteiger partial charge in [0.15, 0.2) is 0 Å². The molecule has 1 unspecified atom stereocenters. The Morgan fingerprint density at radius 3 is 2.68 bits per heavy atom. The van der Waals surface area contributed by atoms with Crippen LogP contribution in [0.2, 0.25) is 0 Å². The van der Waals surface area contributed by atoms with Gasteiger partial charge in [0.2, 0.25) is 0 Å². The molecular formula is C13H16IN3O2. The van der Waals surface area contributed by atoms with Crippen LogP contribution in [0.15, 0.2) is 6.20 Å². The van der Waals surface area contributed by atoms with Gasteiger partial charge in [-0.25, -0.2) is 9.78 Å². The monoisotopic (exact) mass is 373 g/mol. The Morgan fingerprint density at radius 1 is 1.42 bits per heavy atom. The minimum Gasteiger partial charge on any atom is -0.465 e. The van der Waals surface area contributed by atoms with E-state index in [1.807, 2.05) is 0 Å². The third-order valence-corrected chi connectivity index (χ3v) is 5.21. The molecule has 0 spiro atoms. The molecule has 19 heavy (non-hydrogen) atoms. The number of halogens is 1. The number of likely N-dealkylation sites (tertiary alicyclic amines) is 1. The summed E-state index contributed by atoms with van der Waals surface area (Å²) in [5.41, 5.74) is 0. The van der Waals surface area contributed by atoms with Crippen LogP contribution in [0.3, 0.4) is 0 Å². The van der Waals surface area contributed by atoms with E-state index in [1.165, 1.54) is 18.7 Å². The summed E-state index contributed by atoms with van der Waals surface area (Å²) in [6, 6.07) is 0.500. The first-order valence-electron chi connectivity index (χ1n) is 6.84. The maximum Gasteiger partial charge on any atom is 0.407 e. The molecule has 1 aromatic rings. The van der Waals surface area contributed by atoms with Crippen LogP contribution in [0.1, 0.15) is 24.7 Å². The number of hydrogen-bond donors (Lipinski definition) is 1. The van der Waals surface area contributed by atoms with Gasteiger partial charge < -0.3 is 14.6 Å². The summed E-state index contributed by atoms with van der Waals surface area (Å²) in [4.78, 5) is 17.1. The maximum atomic E-state index is 10.9. The van der Waals surface area contributed by atoms with E-state index in [4.69, 9.17) is 5.11 Å². The summed E-state index contributed by atoms with van der Waals surface area (Å²) in [5, 5.41) is 9.00.